The molecule has 0 atom stereocenters. The third kappa shape index (κ3) is 3.04. The van der Waals surface area contributed by atoms with Crippen LogP contribution in [0, 0.1) is 0 Å². The molecule has 0 fully saturated rings. The lowest BCUT2D eigenvalue weighted by atomic mass is 9.91. The predicted octanol–water partition coefficient (Wildman–Crippen LogP) is 11.8. The molecule has 0 N–H and O–H groups in total. The van der Waals surface area contributed by atoms with Gasteiger partial charge in [-0.3, -0.25) is 0 Å². The standard InChI is InChI=1S/C43H24N2O/c1-2-12-25(13-3-1)41-34-24-31(43-40(30-17-7-11-21-38(30)46-43)39(34)29-16-4-8-18-35(29)44-41)26-22-32-27-14-5-9-19-36(27)45-37-20-10-6-15-28(37)33(23-26)42(32)45/h1-24H. The molecule has 11 aromatic rings. The summed E-state index contributed by atoms with van der Waals surface area (Å²) in [5.74, 6) is 0. The quantitative estimate of drug-likeness (QED) is 0.189. The first-order valence-corrected chi connectivity index (χ1v) is 15.7. The topological polar surface area (TPSA) is 30.4 Å². The van der Waals surface area contributed by atoms with E-state index in [0.717, 1.165) is 60.6 Å². The molecule has 0 spiro atoms. The summed E-state index contributed by atoms with van der Waals surface area (Å²) in [6.07, 6.45) is 0. The van der Waals surface area contributed by atoms with Gasteiger partial charge in [0, 0.05) is 59.6 Å². The Labute approximate surface area is 262 Å². The van der Waals surface area contributed by atoms with Gasteiger partial charge in [-0.05, 0) is 48.0 Å². The average Bonchev–Trinajstić information content (AvgIpc) is 3.78. The Hall–Kier alpha value is -6.19. The first-order valence-electron chi connectivity index (χ1n) is 15.7. The van der Waals surface area contributed by atoms with Crippen molar-refractivity contribution in [3.05, 3.63) is 146 Å². The minimum Gasteiger partial charge on any atom is -0.455 e. The second kappa shape index (κ2) is 8.71. The van der Waals surface area contributed by atoms with Crippen LogP contribution in [0.2, 0.25) is 0 Å². The summed E-state index contributed by atoms with van der Waals surface area (Å²) in [6, 6.07) is 52.1. The van der Waals surface area contributed by atoms with E-state index < -0.39 is 0 Å². The number of fused-ring (bicyclic) bond motifs is 13. The van der Waals surface area contributed by atoms with Crippen LogP contribution in [0.1, 0.15) is 0 Å². The van der Waals surface area contributed by atoms with Crippen molar-refractivity contribution in [3.8, 4) is 22.4 Å². The summed E-state index contributed by atoms with van der Waals surface area (Å²) in [5, 5.41) is 10.7. The summed E-state index contributed by atoms with van der Waals surface area (Å²) in [7, 11) is 0. The average molecular weight is 585 g/mol. The molecular formula is C43H24N2O. The Kier molecular flexibility index (Phi) is 4.58. The molecule has 3 nitrogen and oxygen atoms in total. The highest BCUT2D eigenvalue weighted by Gasteiger charge is 2.23. The van der Waals surface area contributed by atoms with E-state index in [1.807, 2.05) is 0 Å². The van der Waals surface area contributed by atoms with Crippen LogP contribution >= 0.6 is 0 Å². The van der Waals surface area contributed by atoms with Crippen LogP contribution in [0.5, 0.6) is 0 Å². The molecule has 0 saturated carbocycles. The van der Waals surface area contributed by atoms with Gasteiger partial charge in [-0.25, -0.2) is 4.98 Å². The van der Waals surface area contributed by atoms with Crippen molar-refractivity contribution >= 4 is 81.7 Å². The second-order valence-electron chi connectivity index (χ2n) is 12.3. The van der Waals surface area contributed by atoms with E-state index in [2.05, 4.69) is 150 Å². The summed E-state index contributed by atoms with van der Waals surface area (Å²) >= 11 is 0. The lowest BCUT2D eigenvalue weighted by molar-refractivity contribution is 0.670. The van der Waals surface area contributed by atoms with E-state index in [-0.39, 0.29) is 0 Å². The number of hydrogen-bond acceptors (Lipinski definition) is 2. The zero-order valence-corrected chi connectivity index (χ0v) is 24.7. The highest BCUT2D eigenvalue weighted by molar-refractivity contribution is 6.31. The molecular weight excluding hydrogens is 560 g/mol. The van der Waals surface area contributed by atoms with Gasteiger partial charge in [0.25, 0.3) is 0 Å². The first-order chi connectivity index (χ1) is 22.8. The number of furan rings is 1. The van der Waals surface area contributed by atoms with Gasteiger partial charge >= 0.3 is 0 Å². The summed E-state index contributed by atoms with van der Waals surface area (Å²) in [5.41, 5.74) is 10.8. The van der Waals surface area contributed by atoms with E-state index in [1.165, 1.54) is 43.5 Å². The van der Waals surface area contributed by atoms with E-state index >= 15 is 0 Å². The van der Waals surface area contributed by atoms with Crippen molar-refractivity contribution in [2.75, 3.05) is 0 Å². The fourth-order valence-electron chi connectivity index (χ4n) is 7.97. The zero-order valence-electron chi connectivity index (χ0n) is 24.7. The van der Waals surface area contributed by atoms with Crippen LogP contribution in [0.15, 0.2) is 150 Å². The highest BCUT2D eigenvalue weighted by atomic mass is 16.3. The number of para-hydroxylation sites is 4. The lowest BCUT2D eigenvalue weighted by Gasteiger charge is -2.14. The number of nitrogens with zero attached hydrogens (tertiary/aromatic N) is 2. The molecule has 3 heteroatoms. The van der Waals surface area contributed by atoms with E-state index in [1.54, 1.807) is 0 Å². The number of benzene rings is 7. The Bertz CT molecular complexity index is 2940. The SMILES string of the molecule is c1ccc(-c2nc3ccccc3c3c2cc(-c2cc4c5ccccc5n5c6ccccc6c(c2)c45)c2oc4ccccc4c23)cc1. The third-order valence-corrected chi connectivity index (χ3v) is 9.87. The van der Waals surface area contributed by atoms with Gasteiger partial charge in [-0.1, -0.05) is 103 Å². The largest absolute Gasteiger partial charge is 0.455 e. The monoisotopic (exact) mass is 584 g/mol. The Morgan fingerprint density at radius 2 is 1.07 bits per heavy atom. The Balaban J connectivity index is 1.38. The molecule has 212 valence electrons. The smallest absolute Gasteiger partial charge is 0.143 e. The minimum absolute atomic E-state index is 0.890. The van der Waals surface area contributed by atoms with Gasteiger partial charge in [0.05, 0.1) is 27.8 Å². The van der Waals surface area contributed by atoms with Crippen LogP contribution in [0.25, 0.3) is 104 Å². The van der Waals surface area contributed by atoms with Gasteiger partial charge in [-0.2, -0.15) is 0 Å². The van der Waals surface area contributed by atoms with Crippen LogP contribution in [-0.4, -0.2) is 9.38 Å². The molecule has 4 aromatic heterocycles. The van der Waals surface area contributed by atoms with Crippen LogP contribution in [0.4, 0.5) is 0 Å². The van der Waals surface area contributed by atoms with Gasteiger partial charge in [0.15, 0.2) is 0 Å². The maximum Gasteiger partial charge on any atom is 0.143 e. The molecule has 0 aliphatic carbocycles. The molecule has 46 heavy (non-hydrogen) atoms. The van der Waals surface area contributed by atoms with Crippen LogP contribution < -0.4 is 0 Å². The summed E-state index contributed by atoms with van der Waals surface area (Å²) < 4.78 is 9.28. The summed E-state index contributed by atoms with van der Waals surface area (Å²) in [4.78, 5) is 5.30. The molecule has 11 rings (SSSR count). The predicted molar refractivity (Wildman–Crippen MR) is 192 cm³/mol. The van der Waals surface area contributed by atoms with Gasteiger partial charge in [0.1, 0.15) is 11.2 Å². The number of hydrogen-bond donors (Lipinski definition) is 0. The lowest BCUT2D eigenvalue weighted by Crippen LogP contribution is -1.92. The minimum atomic E-state index is 0.890. The van der Waals surface area contributed by atoms with Gasteiger partial charge in [0.2, 0.25) is 0 Å². The van der Waals surface area contributed by atoms with Crippen molar-refractivity contribution in [1.29, 1.82) is 0 Å². The van der Waals surface area contributed by atoms with Crippen molar-refractivity contribution < 1.29 is 4.42 Å². The van der Waals surface area contributed by atoms with Crippen molar-refractivity contribution in [3.63, 3.8) is 0 Å². The molecule has 0 saturated heterocycles. The number of pyridine rings is 1. The fourth-order valence-corrected chi connectivity index (χ4v) is 7.97. The Morgan fingerprint density at radius 3 is 1.80 bits per heavy atom. The molecule has 4 heterocycles. The van der Waals surface area contributed by atoms with Crippen LogP contribution in [0.3, 0.4) is 0 Å². The van der Waals surface area contributed by atoms with E-state index in [0.29, 0.717) is 0 Å². The second-order valence-corrected chi connectivity index (χ2v) is 12.3. The van der Waals surface area contributed by atoms with Crippen molar-refractivity contribution in [2.45, 2.75) is 0 Å². The number of aromatic nitrogens is 2. The normalized spacial score (nSPS) is 12.3. The van der Waals surface area contributed by atoms with E-state index in [9.17, 15) is 0 Å². The van der Waals surface area contributed by atoms with Gasteiger partial charge < -0.3 is 8.82 Å². The van der Waals surface area contributed by atoms with Gasteiger partial charge in [-0.15, -0.1) is 0 Å². The molecule has 0 aliphatic heterocycles. The molecule has 0 unspecified atom stereocenters. The zero-order chi connectivity index (χ0) is 29.9. The molecule has 7 aromatic carbocycles. The third-order valence-electron chi connectivity index (χ3n) is 9.87. The van der Waals surface area contributed by atoms with Crippen molar-refractivity contribution in [2.24, 2.45) is 0 Å². The highest BCUT2D eigenvalue weighted by Crippen LogP contribution is 2.48. The molecule has 0 aliphatic rings. The molecule has 0 amide bonds. The fraction of sp³-hybridized carbons (Fsp3) is 0. The van der Waals surface area contributed by atoms with E-state index in [4.69, 9.17) is 9.40 Å². The number of rotatable bonds is 2. The molecule has 0 bridgehead atoms. The maximum atomic E-state index is 6.85. The van der Waals surface area contributed by atoms with Crippen molar-refractivity contribution in [1.82, 2.24) is 9.38 Å². The first kappa shape index (κ1) is 24.2. The molecule has 0 radical (unpaired) electrons. The Morgan fingerprint density at radius 1 is 0.457 bits per heavy atom. The maximum absolute atomic E-state index is 6.85. The summed E-state index contributed by atoms with van der Waals surface area (Å²) in [6.45, 7) is 0. The van der Waals surface area contributed by atoms with Crippen LogP contribution in [-0.2, 0) is 0 Å².